The van der Waals surface area contributed by atoms with E-state index in [2.05, 4.69) is 10.9 Å². The van der Waals surface area contributed by atoms with Gasteiger partial charge in [0.2, 0.25) is 5.91 Å². The fourth-order valence-electron chi connectivity index (χ4n) is 2.26. The van der Waals surface area contributed by atoms with Gasteiger partial charge in [-0.1, -0.05) is 0 Å². The number of carbonyl (C=O) groups is 3. The van der Waals surface area contributed by atoms with Crippen molar-refractivity contribution < 1.29 is 23.9 Å². The number of ether oxygens (including phenoxy) is 2. The van der Waals surface area contributed by atoms with Crippen LogP contribution in [0.1, 0.15) is 47.5 Å². The third-order valence-electron chi connectivity index (χ3n) is 3.28. The molecule has 8 nitrogen and oxygen atoms in total. The zero-order valence-electron chi connectivity index (χ0n) is 14.5. The highest BCUT2D eigenvalue weighted by Crippen LogP contribution is 2.22. The van der Waals surface area contributed by atoms with E-state index in [-0.39, 0.29) is 30.8 Å². The summed E-state index contributed by atoms with van der Waals surface area (Å²) < 4.78 is 10.9. The maximum absolute atomic E-state index is 12.1. The average Bonchev–Trinajstić information content (AvgIpc) is 2.40. The summed E-state index contributed by atoms with van der Waals surface area (Å²) in [6.07, 6.45) is 0.836. The number of nitrogens with one attached hydrogen (secondary N) is 2. The Kier molecular flexibility index (Phi) is 6.80. The number of amides is 3. The van der Waals surface area contributed by atoms with Gasteiger partial charge in [0.15, 0.2) is 0 Å². The van der Waals surface area contributed by atoms with E-state index in [0.29, 0.717) is 19.4 Å². The summed E-state index contributed by atoms with van der Waals surface area (Å²) in [6, 6.07) is -0.0259. The minimum atomic E-state index is -0.522. The molecule has 0 spiro atoms. The Labute approximate surface area is 136 Å². The van der Waals surface area contributed by atoms with Crippen LogP contribution >= 0.6 is 0 Å². The van der Waals surface area contributed by atoms with Crippen molar-refractivity contribution in [3.63, 3.8) is 0 Å². The largest absolute Gasteiger partial charge is 0.444 e. The first-order valence-electron chi connectivity index (χ1n) is 7.75. The molecule has 132 valence electrons. The van der Waals surface area contributed by atoms with Crippen LogP contribution in [0.3, 0.4) is 0 Å². The van der Waals surface area contributed by atoms with Gasteiger partial charge in [0.1, 0.15) is 12.2 Å². The van der Waals surface area contributed by atoms with Gasteiger partial charge in [0, 0.05) is 19.5 Å². The van der Waals surface area contributed by atoms with Crippen molar-refractivity contribution >= 4 is 17.9 Å². The van der Waals surface area contributed by atoms with Gasteiger partial charge >= 0.3 is 6.09 Å². The van der Waals surface area contributed by atoms with Crippen LogP contribution in [-0.2, 0) is 19.1 Å². The Balaban J connectivity index is 2.36. The molecule has 0 aromatic rings. The molecule has 1 aliphatic heterocycles. The Morgan fingerprint density at radius 2 is 1.87 bits per heavy atom. The number of hydrogen-bond acceptors (Lipinski definition) is 5. The van der Waals surface area contributed by atoms with E-state index in [4.69, 9.17) is 9.47 Å². The van der Waals surface area contributed by atoms with Crippen LogP contribution in [0.2, 0.25) is 0 Å². The van der Waals surface area contributed by atoms with Crippen LogP contribution in [0.5, 0.6) is 0 Å². The Bertz CT molecular complexity index is 447. The molecule has 1 rings (SSSR count). The second kappa shape index (κ2) is 8.14. The summed E-state index contributed by atoms with van der Waals surface area (Å²) in [5, 5.41) is 0. The molecule has 2 atom stereocenters. The van der Waals surface area contributed by atoms with Gasteiger partial charge in [-0.05, 0) is 40.5 Å². The molecule has 0 aromatic carbocycles. The highest BCUT2D eigenvalue weighted by molar-refractivity contribution is 5.81. The van der Waals surface area contributed by atoms with Crippen molar-refractivity contribution in [1.29, 1.82) is 0 Å². The van der Waals surface area contributed by atoms with Gasteiger partial charge in [-0.3, -0.25) is 20.4 Å². The minimum Gasteiger partial charge on any atom is -0.444 e. The molecule has 1 saturated heterocycles. The van der Waals surface area contributed by atoms with E-state index in [1.165, 1.54) is 6.92 Å². The Morgan fingerprint density at radius 1 is 1.22 bits per heavy atom. The smallest absolute Gasteiger partial charge is 0.410 e. The number of likely N-dealkylation sites (tertiary alicyclic amines) is 1. The number of hydrazine groups is 1. The normalized spacial score (nSPS) is 21.5. The number of rotatable bonds is 3. The van der Waals surface area contributed by atoms with Crippen LogP contribution in [0.4, 0.5) is 4.79 Å². The van der Waals surface area contributed by atoms with Crippen LogP contribution in [0.25, 0.3) is 0 Å². The predicted molar refractivity (Wildman–Crippen MR) is 83.3 cm³/mol. The van der Waals surface area contributed by atoms with Crippen molar-refractivity contribution in [2.45, 2.75) is 65.2 Å². The lowest BCUT2D eigenvalue weighted by atomic mass is 10.0. The molecule has 8 heteroatoms. The minimum absolute atomic E-state index is 0.0259. The summed E-state index contributed by atoms with van der Waals surface area (Å²) in [5.41, 5.74) is 3.91. The second-order valence-corrected chi connectivity index (χ2v) is 6.71. The van der Waals surface area contributed by atoms with E-state index in [1.54, 1.807) is 4.90 Å². The Hall–Kier alpha value is -1.83. The Morgan fingerprint density at radius 3 is 2.39 bits per heavy atom. The van der Waals surface area contributed by atoms with Crippen molar-refractivity contribution in [2.24, 2.45) is 0 Å². The van der Waals surface area contributed by atoms with Gasteiger partial charge in [0.25, 0.3) is 5.91 Å². The summed E-state index contributed by atoms with van der Waals surface area (Å²) in [6.45, 7) is 9.11. The number of carbonyl (C=O) groups excluding carboxylic acids is 3. The van der Waals surface area contributed by atoms with Crippen LogP contribution in [0, 0.1) is 0 Å². The first-order chi connectivity index (χ1) is 10.6. The lowest BCUT2D eigenvalue weighted by Crippen LogP contribution is -2.49. The molecule has 2 N–H and O–H groups in total. The number of nitrogens with zero attached hydrogens (tertiary/aromatic N) is 1. The van der Waals surface area contributed by atoms with Crippen molar-refractivity contribution in [3.8, 4) is 0 Å². The van der Waals surface area contributed by atoms with Gasteiger partial charge in [-0.15, -0.1) is 0 Å². The van der Waals surface area contributed by atoms with Crippen molar-refractivity contribution in [3.05, 3.63) is 0 Å². The van der Waals surface area contributed by atoms with E-state index >= 15 is 0 Å². The molecule has 0 saturated carbocycles. The molecule has 1 fully saturated rings. The number of hydrogen-bond donors (Lipinski definition) is 2. The molecular formula is C15H27N3O5. The second-order valence-electron chi connectivity index (χ2n) is 6.71. The maximum atomic E-state index is 12.1. The summed E-state index contributed by atoms with van der Waals surface area (Å²) >= 11 is 0. The zero-order chi connectivity index (χ0) is 17.6. The molecule has 1 heterocycles. The van der Waals surface area contributed by atoms with E-state index in [1.807, 2.05) is 27.7 Å². The highest BCUT2D eigenvalue weighted by atomic mass is 16.6. The standard InChI is InChI=1S/C15H27N3O5/c1-10-8-12(22-9-13(20)17-16-11(2)19)6-7-18(10)14(21)23-15(3,4)5/h10,12H,6-9H2,1-5H3,(H,16,19)(H,17,20)/t10-,12-/m0/s1. The van der Waals surface area contributed by atoms with E-state index in [9.17, 15) is 14.4 Å². The predicted octanol–water partition coefficient (Wildman–Crippen LogP) is 0.958. The topological polar surface area (TPSA) is 97.0 Å². The quantitative estimate of drug-likeness (QED) is 0.752. The molecule has 1 aliphatic rings. The molecule has 0 aromatic heterocycles. The van der Waals surface area contributed by atoms with Crippen LogP contribution in [-0.4, -0.2) is 53.7 Å². The maximum Gasteiger partial charge on any atom is 0.410 e. The summed E-state index contributed by atoms with van der Waals surface area (Å²) in [7, 11) is 0. The summed E-state index contributed by atoms with van der Waals surface area (Å²) in [5.74, 6) is -0.764. The van der Waals surface area contributed by atoms with Gasteiger partial charge in [0.05, 0.1) is 6.10 Å². The monoisotopic (exact) mass is 329 g/mol. The lowest BCUT2D eigenvalue weighted by molar-refractivity contribution is -0.133. The fraction of sp³-hybridized carbons (Fsp3) is 0.800. The first kappa shape index (κ1) is 19.2. The molecule has 3 amide bonds. The summed E-state index contributed by atoms with van der Waals surface area (Å²) in [4.78, 5) is 35.9. The number of piperidine rings is 1. The fourth-order valence-corrected chi connectivity index (χ4v) is 2.26. The third kappa shape index (κ3) is 7.32. The molecular weight excluding hydrogens is 302 g/mol. The zero-order valence-corrected chi connectivity index (χ0v) is 14.5. The molecule has 0 unspecified atom stereocenters. The van der Waals surface area contributed by atoms with Gasteiger partial charge < -0.3 is 14.4 Å². The molecule has 23 heavy (non-hydrogen) atoms. The van der Waals surface area contributed by atoms with Gasteiger partial charge in [-0.25, -0.2) is 4.79 Å². The molecule has 0 aliphatic carbocycles. The van der Waals surface area contributed by atoms with Gasteiger partial charge in [-0.2, -0.15) is 0 Å². The average molecular weight is 329 g/mol. The molecule has 0 radical (unpaired) electrons. The van der Waals surface area contributed by atoms with Crippen LogP contribution in [0.15, 0.2) is 0 Å². The SMILES string of the molecule is CC(=O)NNC(=O)CO[C@H]1CCN(C(=O)OC(C)(C)C)[C@@H](C)C1. The van der Waals surface area contributed by atoms with E-state index in [0.717, 1.165) is 0 Å². The van der Waals surface area contributed by atoms with Crippen molar-refractivity contribution in [2.75, 3.05) is 13.2 Å². The third-order valence-corrected chi connectivity index (χ3v) is 3.28. The first-order valence-corrected chi connectivity index (χ1v) is 7.75. The molecule has 0 bridgehead atoms. The lowest BCUT2D eigenvalue weighted by Gasteiger charge is -2.38. The highest BCUT2D eigenvalue weighted by Gasteiger charge is 2.32. The van der Waals surface area contributed by atoms with E-state index < -0.39 is 11.5 Å². The van der Waals surface area contributed by atoms with Crippen molar-refractivity contribution in [1.82, 2.24) is 15.8 Å². The van der Waals surface area contributed by atoms with Crippen LogP contribution < -0.4 is 10.9 Å².